The molecule has 8 aliphatic carbocycles. The van der Waals surface area contributed by atoms with Crippen LogP contribution in [0.3, 0.4) is 0 Å². The van der Waals surface area contributed by atoms with E-state index in [0.29, 0.717) is 7.92 Å². The topological polar surface area (TPSA) is 0 Å². The van der Waals surface area contributed by atoms with Crippen LogP contribution in [0.15, 0.2) is 0 Å². The fourth-order valence-corrected chi connectivity index (χ4v) is 14.4. The van der Waals surface area contributed by atoms with Gasteiger partial charge in [0.1, 0.15) is 0 Å². The average molecular weight is 345 g/mol. The lowest BCUT2D eigenvalue weighted by atomic mass is 9.56. The van der Waals surface area contributed by atoms with E-state index in [0.717, 1.165) is 0 Å². The summed E-state index contributed by atoms with van der Waals surface area (Å²) >= 11 is 0. The molecule has 8 bridgehead atoms. The predicted octanol–water partition coefficient (Wildman–Crippen LogP) is 6.53. The molecule has 0 aromatic heterocycles. The summed E-state index contributed by atoms with van der Waals surface area (Å²) in [6.45, 7) is 2.44. The highest BCUT2D eigenvalue weighted by atomic mass is 31.1. The van der Waals surface area contributed by atoms with Crippen LogP contribution in [-0.4, -0.2) is 17.5 Å². The van der Waals surface area contributed by atoms with E-state index in [9.17, 15) is 0 Å². The Kier molecular flexibility index (Phi) is 3.68. The maximum absolute atomic E-state index is 2.44. The third kappa shape index (κ3) is 2.20. The zero-order chi connectivity index (χ0) is 15.8. The van der Waals surface area contributed by atoms with Gasteiger partial charge < -0.3 is 0 Å². The van der Waals surface area contributed by atoms with Gasteiger partial charge in [0.2, 0.25) is 0 Å². The van der Waals surface area contributed by atoms with E-state index in [1.54, 1.807) is 70.4 Å². The molecule has 8 aliphatic rings. The second-order valence-corrected chi connectivity index (χ2v) is 13.7. The van der Waals surface area contributed by atoms with Crippen LogP contribution in [0, 0.1) is 47.3 Å². The van der Waals surface area contributed by atoms with Gasteiger partial charge in [-0.2, -0.15) is 0 Å². The van der Waals surface area contributed by atoms with Crippen LogP contribution in [0.5, 0.6) is 0 Å². The molecule has 1 heteroatoms. The monoisotopic (exact) mass is 344 g/mol. The fourth-order valence-electron chi connectivity index (χ4n) is 9.49. The van der Waals surface area contributed by atoms with Gasteiger partial charge in [-0.05, 0) is 129 Å². The number of rotatable bonds is 5. The molecular weight excluding hydrogens is 307 g/mol. The molecule has 24 heavy (non-hydrogen) atoms. The van der Waals surface area contributed by atoms with Gasteiger partial charge in [-0.3, -0.25) is 0 Å². The van der Waals surface area contributed by atoms with Crippen molar-refractivity contribution in [2.45, 2.75) is 88.9 Å². The average Bonchev–Trinajstić information content (AvgIpc) is 2.97. The normalized spacial score (nSPS) is 57.9. The minimum Gasteiger partial charge on any atom is -0.0992 e. The van der Waals surface area contributed by atoms with Gasteiger partial charge >= 0.3 is 0 Å². The van der Waals surface area contributed by atoms with Crippen molar-refractivity contribution in [1.29, 1.82) is 0 Å². The van der Waals surface area contributed by atoms with Gasteiger partial charge in [-0.15, -0.1) is 0 Å². The van der Waals surface area contributed by atoms with Crippen molar-refractivity contribution in [3.63, 3.8) is 0 Å². The van der Waals surface area contributed by atoms with Gasteiger partial charge in [0, 0.05) is 0 Å². The molecule has 134 valence electrons. The van der Waals surface area contributed by atoms with Crippen molar-refractivity contribution in [3.8, 4) is 0 Å². The molecular formula is C23H37P. The summed E-state index contributed by atoms with van der Waals surface area (Å²) in [4.78, 5) is 0. The minimum atomic E-state index is 0.349. The summed E-state index contributed by atoms with van der Waals surface area (Å²) < 4.78 is 0. The summed E-state index contributed by atoms with van der Waals surface area (Å²) in [5.74, 6) is 9.52. The van der Waals surface area contributed by atoms with Crippen molar-refractivity contribution in [3.05, 3.63) is 0 Å². The second-order valence-electron chi connectivity index (χ2n) is 11.0. The van der Waals surface area contributed by atoms with Crippen LogP contribution < -0.4 is 0 Å². The Hall–Kier alpha value is 0.430. The Bertz CT molecular complexity index is 466. The maximum Gasteiger partial charge on any atom is -0.0147 e. The molecule has 0 nitrogen and oxygen atoms in total. The highest BCUT2D eigenvalue weighted by molar-refractivity contribution is 7.59. The molecule has 0 radical (unpaired) electrons. The van der Waals surface area contributed by atoms with Crippen LogP contribution in [-0.2, 0) is 0 Å². The summed E-state index contributed by atoms with van der Waals surface area (Å²) in [7, 11) is 0.349. The van der Waals surface area contributed by atoms with E-state index in [1.165, 1.54) is 65.1 Å². The Morgan fingerprint density at radius 2 is 1.21 bits per heavy atom. The number of hydrogen-bond acceptors (Lipinski definition) is 0. The Balaban J connectivity index is 1.31. The highest BCUT2D eigenvalue weighted by Crippen LogP contribution is 2.73. The van der Waals surface area contributed by atoms with Gasteiger partial charge in [0.05, 0.1) is 0 Å². The molecule has 0 aliphatic heterocycles. The molecule has 0 saturated heterocycles. The SMILES string of the molecule is CCCCP(C1C2CC3CC(C2)CC1C3)C1C2CC3CC(C2)C1C3. The molecule has 0 spiro atoms. The smallest absolute Gasteiger partial charge is 0.0147 e. The molecule has 0 amide bonds. The molecule has 8 fully saturated rings. The molecule has 6 atom stereocenters. The van der Waals surface area contributed by atoms with Gasteiger partial charge in [-0.25, -0.2) is 0 Å². The first-order valence-electron chi connectivity index (χ1n) is 11.6. The molecule has 0 N–H and O–H groups in total. The Labute approximate surface area is 150 Å². The van der Waals surface area contributed by atoms with Gasteiger partial charge in [0.25, 0.3) is 0 Å². The predicted molar refractivity (Wildman–Crippen MR) is 104 cm³/mol. The maximum atomic E-state index is 2.44. The van der Waals surface area contributed by atoms with Gasteiger partial charge in [0.15, 0.2) is 0 Å². The summed E-state index contributed by atoms with van der Waals surface area (Å²) in [5.41, 5.74) is 2.49. The van der Waals surface area contributed by atoms with E-state index in [4.69, 9.17) is 0 Å². The van der Waals surface area contributed by atoms with E-state index in [1.807, 2.05) is 0 Å². The quantitative estimate of drug-likeness (QED) is 0.498. The molecule has 0 heterocycles. The zero-order valence-corrected chi connectivity index (χ0v) is 16.6. The van der Waals surface area contributed by atoms with Crippen LogP contribution in [0.4, 0.5) is 0 Å². The Morgan fingerprint density at radius 3 is 1.83 bits per heavy atom. The van der Waals surface area contributed by atoms with Crippen molar-refractivity contribution in [1.82, 2.24) is 0 Å². The van der Waals surface area contributed by atoms with E-state index in [2.05, 4.69) is 6.92 Å². The van der Waals surface area contributed by atoms with Crippen LogP contribution in [0.2, 0.25) is 0 Å². The van der Waals surface area contributed by atoms with Crippen LogP contribution >= 0.6 is 7.92 Å². The van der Waals surface area contributed by atoms with Crippen molar-refractivity contribution in [2.24, 2.45) is 47.3 Å². The summed E-state index contributed by atoms with van der Waals surface area (Å²) in [5, 5.41) is 0. The lowest BCUT2D eigenvalue weighted by Crippen LogP contribution is -2.49. The van der Waals surface area contributed by atoms with Crippen molar-refractivity contribution >= 4 is 7.92 Å². The summed E-state index contributed by atoms with van der Waals surface area (Å²) in [6, 6.07) is 0. The van der Waals surface area contributed by atoms with E-state index < -0.39 is 0 Å². The first-order valence-corrected chi connectivity index (χ1v) is 13.2. The first kappa shape index (κ1) is 15.5. The van der Waals surface area contributed by atoms with E-state index >= 15 is 0 Å². The molecule has 8 saturated carbocycles. The fraction of sp³-hybridized carbons (Fsp3) is 1.00. The van der Waals surface area contributed by atoms with Crippen molar-refractivity contribution < 1.29 is 0 Å². The van der Waals surface area contributed by atoms with Crippen molar-refractivity contribution in [2.75, 3.05) is 6.16 Å². The molecule has 0 aromatic rings. The molecule has 8 rings (SSSR count). The first-order chi connectivity index (χ1) is 11.8. The lowest BCUT2D eigenvalue weighted by Gasteiger charge is -2.58. The van der Waals surface area contributed by atoms with Gasteiger partial charge in [-0.1, -0.05) is 21.3 Å². The Morgan fingerprint density at radius 1 is 0.625 bits per heavy atom. The second kappa shape index (κ2) is 5.71. The van der Waals surface area contributed by atoms with Crippen LogP contribution in [0.25, 0.3) is 0 Å². The number of hydrogen-bond donors (Lipinski definition) is 0. The third-order valence-electron chi connectivity index (χ3n) is 9.72. The largest absolute Gasteiger partial charge is 0.0992 e. The standard InChI is InChI=1S/C23H37P/c1-2-3-4-24(23-20-11-16-6-17(13-20)21(23)12-16)22-18-7-14-5-15(9-18)10-19(22)8-14/h14-23H,2-13H2,1H3. The summed E-state index contributed by atoms with van der Waals surface area (Å²) in [6.07, 6.45) is 19.6. The zero-order valence-electron chi connectivity index (χ0n) is 15.7. The van der Waals surface area contributed by atoms with E-state index in [-0.39, 0.29) is 0 Å². The molecule has 0 aromatic carbocycles. The highest BCUT2D eigenvalue weighted by Gasteiger charge is 2.59. The van der Waals surface area contributed by atoms with Crippen LogP contribution in [0.1, 0.15) is 77.6 Å². The minimum absolute atomic E-state index is 0.349. The molecule has 6 unspecified atom stereocenters. The number of unbranched alkanes of at least 4 members (excludes halogenated alkanes) is 1. The lowest BCUT2D eigenvalue weighted by molar-refractivity contribution is 0.0241. The third-order valence-corrected chi connectivity index (χ3v) is 13.7.